The molecule has 2 saturated heterocycles. The topological polar surface area (TPSA) is 42.0 Å². The number of piperidine rings is 1. The van der Waals surface area contributed by atoms with Crippen LogP contribution in [0, 0.1) is 5.92 Å². The van der Waals surface area contributed by atoms with Crippen molar-refractivity contribution in [3.05, 3.63) is 35.9 Å². The molecular weight excluding hydrogens is 316 g/mol. The van der Waals surface area contributed by atoms with Gasteiger partial charge in [-0.15, -0.1) is 0 Å². The Balaban J connectivity index is 1.35. The number of rotatable bonds is 7. The monoisotopic (exact) mass is 346 g/mol. The number of hydrogen-bond donors (Lipinski definition) is 0. The van der Waals surface area contributed by atoms with E-state index >= 15 is 0 Å². The SMILES string of the molecule is CN(C(=O)COCc1ccccc1)C1CCN(C[C@@H]2CCOC2)CC1. The number of amides is 1. The van der Waals surface area contributed by atoms with Gasteiger partial charge >= 0.3 is 0 Å². The summed E-state index contributed by atoms with van der Waals surface area (Å²) in [5, 5.41) is 0. The van der Waals surface area contributed by atoms with Gasteiger partial charge < -0.3 is 19.3 Å². The quantitative estimate of drug-likeness (QED) is 0.759. The number of likely N-dealkylation sites (tertiary alicyclic amines) is 1. The fourth-order valence-corrected chi connectivity index (χ4v) is 3.72. The molecule has 0 radical (unpaired) electrons. The third kappa shape index (κ3) is 5.53. The van der Waals surface area contributed by atoms with Crippen molar-refractivity contribution in [1.82, 2.24) is 9.80 Å². The summed E-state index contributed by atoms with van der Waals surface area (Å²) in [4.78, 5) is 16.8. The highest BCUT2D eigenvalue weighted by Crippen LogP contribution is 2.20. The Labute approximate surface area is 150 Å². The minimum absolute atomic E-state index is 0.0820. The van der Waals surface area contributed by atoms with Crippen molar-refractivity contribution in [2.75, 3.05) is 46.5 Å². The van der Waals surface area contributed by atoms with E-state index in [1.165, 1.54) is 6.42 Å². The number of carbonyl (C=O) groups excluding carboxylic acids is 1. The van der Waals surface area contributed by atoms with Crippen molar-refractivity contribution in [3.63, 3.8) is 0 Å². The predicted octanol–water partition coefficient (Wildman–Crippen LogP) is 2.16. The molecule has 0 saturated carbocycles. The van der Waals surface area contributed by atoms with E-state index in [0.29, 0.717) is 18.6 Å². The highest BCUT2D eigenvalue weighted by molar-refractivity contribution is 5.77. The Morgan fingerprint density at radius 1 is 1.24 bits per heavy atom. The summed E-state index contributed by atoms with van der Waals surface area (Å²) in [7, 11) is 1.92. The number of likely N-dealkylation sites (N-methyl/N-ethyl adjacent to an activating group) is 1. The number of nitrogens with zero attached hydrogens (tertiary/aromatic N) is 2. The molecule has 1 aromatic rings. The van der Waals surface area contributed by atoms with Gasteiger partial charge in [-0.3, -0.25) is 4.79 Å². The van der Waals surface area contributed by atoms with E-state index in [4.69, 9.17) is 9.47 Å². The molecule has 1 aromatic carbocycles. The molecule has 0 aliphatic carbocycles. The maximum Gasteiger partial charge on any atom is 0.248 e. The number of hydrogen-bond acceptors (Lipinski definition) is 4. The van der Waals surface area contributed by atoms with Gasteiger partial charge in [0.05, 0.1) is 13.2 Å². The van der Waals surface area contributed by atoms with Crippen LogP contribution in [0.1, 0.15) is 24.8 Å². The second kappa shape index (κ2) is 9.32. The molecule has 25 heavy (non-hydrogen) atoms. The first-order chi connectivity index (χ1) is 12.2. The molecule has 3 rings (SSSR count). The van der Waals surface area contributed by atoms with Crippen LogP contribution in [0.4, 0.5) is 0 Å². The van der Waals surface area contributed by atoms with Crippen molar-refractivity contribution >= 4 is 5.91 Å². The number of benzene rings is 1. The third-order valence-electron chi connectivity index (χ3n) is 5.38. The lowest BCUT2D eigenvalue weighted by molar-refractivity contribution is -0.138. The Hall–Kier alpha value is -1.43. The fraction of sp³-hybridized carbons (Fsp3) is 0.650. The van der Waals surface area contributed by atoms with Crippen LogP contribution in [0.25, 0.3) is 0 Å². The molecule has 1 atom stereocenters. The molecule has 0 aromatic heterocycles. The second-order valence-electron chi connectivity index (χ2n) is 7.24. The minimum Gasteiger partial charge on any atom is -0.381 e. The summed E-state index contributed by atoms with van der Waals surface area (Å²) in [6, 6.07) is 10.3. The highest BCUT2D eigenvalue weighted by atomic mass is 16.5. The molecule has 0 unspecified atom stereocenters. The average Bonchev–Trinajstić information content (AvgIpc) is 3.15. The van der Waals surface area contributed by atoms with Crippen molar-refractivity contribution in [2.45, 2.75) is 31.9 Å². The van der Waals surface area contributed by atoms with Crippen molar-refractivity contribution in [2.24, 2.45) is 5.92 Å². The van der Waals surface area contributed by atoms with E-state index < -0.39 is 0 Å². The smallest absolute Gasteiger partial charge is 0.248 e. The molecule has 2 aliphatic heterocycles. The van der Waals surface area contributed by atoms with Crippen LogP contribution < -0.4 is 0 Å². The molecule has 2 heterocycles. The van der Waals surface area contributed by atoms with Crippen LogP contribution in [-0.2, 0) is 20.9 Å². The maximum atomic E-state index is 12.4. The molecule has 2 fully saturated rings. The first kappa shape index (κ1) is 18.4. The summed E-state index contributed by atoms with van der Waals surface area (Å²) in [6.45, 7) is 5.77. The first-order valence-corrected chi connectivity index (χ1v) is 9.40. The molecule has 1 amide bonds. The normalized spacial score (nSPS) is 22.2. The van der Waals surface area contributed by atoms with Crippen LogP contribution in [0.2, 0.25) is 0 Å². The minimum atomic E-state index is 0.0820. The summed E-state index contributed by atoms with van der Waals surface area (Å²) in [6.07, 6.45) is 3.29. The first-order valence-electron chi connectivity index (χ1n) is 9.40. The summed E-state index contributed by atoms with van der Waals surface area (Å²) in [5.41, 5.74) is 1.10. The lowest BCUT2D eigenvalue weighted by Crippen LogP contribution is -2.47. The summed E-state index contributed by atoms with van der Waals surface area (Å²) in [5.74, 6) is 0.779. The molecule has 0 bridgehead atoms. The van der Waals surface area contributed by atoms with Crippen LogP contribution in [0.3, 0.4) is 0 Å². The number of ether oxygens (including phenoxy) is 2. The van der Waals surface area contributed by atoms with Gasteiger partial charge in [0.2, 0.25) is 5.91 Å². The van der Waals surface area contributed by atoms with Gasteiger partial charge in [-0.2, -0.15) is 0 Å². The van der Waals surface area contributed by atoms with Crippen molar-refractivity contribution in [3.8, 4) is 0 Å². The van der Waals surface area contributed by atoms with Gasteiger partial charge in [-0.1, -0.05) is 30.3 Å². The standard InChI is InChI=1S/C20H30N2O3/c1-21(20(23)16-25-14-17-5-3-2-4-6-17)19-7-10-22(11-8-19)13-18-9-12-24-15-18/h2-6,18-19H,7-16H2,1H3/t18-/m0/s1. The van der Waals surface area contributed by atoms with Crippen LogP contribution in [0.15, 0.2) is 30.3 Å². The van der Waals surface area contributed by atoms with Gasteiger partial charge in [0.25, 0.3) is 0 Å². The van der Waals surface area contributed by atoms with E-state index in [2.05, 4.69) is 4.90 Å². The maximum absolute atomic E-state index is 12.4. The third-order valence-corrected chi connectivity index (χ3v) is 5.38. The molecule has 5 heteroatoms. The second-order valence-corrected chi connectivity index (χ2v) is 7.24. The lowest BCUT2D eigenvalue weighted by atomic mass is 10.0. The Kier molecular flexibility index (Phi) is 6.84. The largest absolute Gasteiger partial charge is 0.381 e. The Morgan fingerprint density at radius 3 is 2.68 bits per heavy atom. The average molecular weight is 346 g/mol. The molecule has 138 valence electrons. The molecule has 0 N–H and O–H groups in total. The van der Waals surface area contributed by atoms with Crippen LogP contribution in [-0.4, -0.2) is 68.3 Å². The lowest BCUT2D eigenvalue weighted by Gasteiger charge is -2.37. The molecular formula is C20H30N2O3. The summed E-state index contributed by atoms with van der Waals surface area (Å²) >= 11 is 0. The van der Waals surface area contributed by atoms with E-state index in [1.807, 2.05) is 42.3 Å². The Morgan fingerprint density at radius 2 is 2.00 bits per heavy atom. The zero-order valence-electron chi connectivity index (χ0n) is 15.2. The zero-order chi connectivity index (χ0) is 17.5. The van der Waals surface area contributed by atoms with Crippen molar-refractivity contribution in [1.29, 1.82) is 0 Å². The van der Waals surface area contributed by atoms with E-state index in [-0.39, 0.29) is 12.5 Å². The van der Waals surface area contributed by atoms with Crippen LogP contribution in [0.5, 0.6) is 0 Å². The molecule has 0 spiro atoms. The fourth-order valence-electron chi connectivity index (χ4n) is 3.72. The van der Waals surface area contributed by atoms with Gasteiger partial charge in [-0.25, -0.2) is 0 Å². The zero-order valence-corrected chi connectivity index (χ0v) is 15.2. The van der Waals surface area contributed by atoms with E-state index in [9.17, 15) is 4.79 Å². The van der Waals surface area contributed by atoms with E-state index in [0.717, 1.165) is 51.3 Å². The van der Waals surface area contributed by atoms with Crippen LogP contribution >= 0.6 is 0 Å². The Bertz CT molecular complexity index is 523. The van der Waals surface area contributed by atoms with E-state index in [1.54, 1.807) is 0 Å². The van der Waals surface area contributed by atoms with Gasteiger partial charge in [0, 0.05) is 39.3 Å². The predicted molar refractivity (Wildman–Crippen MR) is 97.3 cm³/mol. The summed E-state index contributed by atoms with van der Waals surface area (Å²) < 4.78 is 11.1. The van der Waals surface area contributed by atoms with Crippen molar-refractivity contribution < 1.29 is 14.3 Å². The highest BCUT2D eigenvalue weighted by Gasteiger charge is 2.27. The van der Waals surface area contributed by atoms with Gasteiger partial charge in [-0.05, 0) is 30.7 Å². The molecule has 5 nitrogen and oxygen atoms in total. The van der Waals surface area contributed by atoms with Gasteiger partial charge in [0.15, 0.2) is 0 Å². The molecule has 2 aliphatic rings. The number of carbonyl (C=O) groups is 1. The van der Waals surface area contributed by atoms with Gasteiger partial charge in [0.1, 0.15) is 6.61 Å².